The molecule has 180 valence electrons. The lowest BCUT2D eigenvalue weighted by molar-refractivity contribution is -0.165. The molecule has 0 saturated carbocycles. The van der Waals surface area contributed by atoms with E-state index in [0.29, 0.717) is 0 Å². The molecular formula is C22H20O12. The number of hydrogen-bond donors (Lipinski definition) is 6. The summed E-state index contributed by atoms with van der Waals surface area (Å²) in [6, 6.07) is 5.47. The third-order valence-corrected chi connectivity index (χ3v) is 5.17. The molecule has 6 N–H and O–H groups in total. The van der Waals surface area contributed by atoms with E-state index in [1.807, 2.05) is 0 Å². The van der Waals surface area contributed by atoms with E-state index >= 15 is 0 Å². The van der Waals surface area contributed by atoms with Crippen molar-refractivity contribution in [3.8, 4) is 40.1 Å². The molecule has 4 atom stereocenters. The minimum atomic E-state index is -1.57. The first-order chi connectivity index (χ1) is 16.1. The van der Waals surface area contributed by atoms with E-state index in [1.54, 1.807) is 0 Å². The molecule has 0 amide bonds. The lowest BCUT2D eigenvalue weighted by Crippen LogP contribution is -2.40. The topological polar surface area (TPSA) is 196 Å². The molecule has 1 saturated heterocycles. The summed E-state index contributed by atoms with van der Waals surface area (Å²) < 4.78 is 21.9. The number of carbonyl (C=O) groups excluding carboxylic acids is 1. The number of esters is 1. The molecule has 3 aromatic rings. The van der Waals surface area contributed by atoms with Gasteiger partial charge in [0.05, 0.1) is 6.61 Å². The normalized spacial score (nSPS) is 22.1. The summed E-state index contributed by atoms with van der Waals surface area (Å²) in [6.07, 6.45) is -5.69. The summed E-state index contributed by atoms with van der Waals surface area (Å²) in [5, 5.41) is 59.0. The Bertz CT molecular complexity index is 1310. The highest BCUT2D eigenvalue weighted by Gasteiger charge is 2.48. The summed E-state index contributed by atoms with van der Waals surface area (Å²) in [6.45, 7) is 0.430. The van der Waals surface area contributed by atoms with Gasteiger partial charge < -0.3 is 49.3 Å². The van der Waals surface area contributed by atoms with Crippen LogP contribution in [0, 0.1) is 0 Å². The van der Waals surface area contributed by atoms with E-state index in [-0.39, 0.29) is 22.3 Å². The lowest BCUT2D eigenvalue weighted by atomic mass is 10.1. The first-order valence-electron chi connectivity index (χ1n) is 9.94. The van der Waals surface area contributed by atoms with Crippen LogP contribution < -0.4 is 10.2 Å². The highest BCUT2D eigenvalue weighted by Crippen LogP contribution is 2.39. The van der Waals surface area contributed by atoms with Gasteiger partial charge in [-0.15, -0.1) is 0 Å². The minimum absolute atomic E-state index is 0.0495. The molecule has 0 spiro atoms. The van der Waals surface area contributed by atoms with Gasteiger partial charge in [0.1, 0.15) is 34.7 Å². The minimum Gasteiger partial charge on any atom is -0.508 e. The molecule has 1 aliphatic rings. The molecule has 2 aromatic carbocycles. The second kappa shape index (κ2) is 8.74. The number of aliphatic hydroxyl groups excluding tert-OH is 2. The van der Waals surface area contributed by atoms with E-state index in [1.165, 1.54) is 6.07 Å². The third-order valence-electron chi connectivity index (χ3n) is 5.17. The van der Waals surface area contributed by atoms with Crippen LogP contribution in [0.2, 0.25) is 0 Å². The molecule has 2 heterocycles. The third kappa shape index (κ3) is 4.05. The monoisotopic (exact) mass is 476 g/mol. The van der Waals surface area contributed by atoms with Crippen LogP contribution in [-0.4, -0.2) is 67.8 Å². The standard InChI is InChI=1S/C22H20O12/c1-8(24)31-21-17(29)15(7-23)33-22(21)34-20-18(30)16-13(28)5-10(25)6-14(16)32-19(20)9-2-3-11(26)12(27)4-9/h2-6,15,17,21-23,25-29H,7H2,1H3. The summed E-state index contributed by atoms with van der Waals surface area (Å²) in [7, 11) is 0. The highest BCUT2D eigenvalue weighted by molar-refractivity contribution is 5.88. The molecule has 4 unspecified atom stereocenters. The van der Waals surface area contributed by atoms with Gasteiger partial charge in [-0.25, -0.2) is 0 Å². The fraction of sp³-hybridized carbons (Fsp3) is 0.273. The van der Waals surface area contributed by atoms with Crippen molar-refractivity contribution in [2.75, 3.05) is 6.61 Å². The Balaban J connectivity index is 1.91. The van der Waals surface area contributed by atoms with Gasteiger partial charge in [0.25, 0.3) is 0 Å². The number of phenols is 4. The van der Waals surface area contributed by atoms with Gasteiger partial charge >= 0.3 is 5.97 Å². The number of ether oxygens (including phenoxy) is 3. The average molecular weight is 476 g/mol. The predicted octanol–water partition coefficient (Wildman–Crippen LogP) is 0.671. The van der Waals surface area contributed by atoms with Gasteiger partial charge in [0, 0.05) is 24.6 Å². The highest BCUT2D eigenvalue weighted by atomic mass is 16.7. The molecule has 0 bridgehead atoms. The number of phenolic OH excluding ortho intramolecular Hbond substituents is 4. The van der Waals surface area contributed by atoms with Crippen molar-refractivity contribution >= 4 is 16.9 Å². The van der Waals surface area contributed by atoms with E-state index in [2.05, 4.69) is 0 Å². The van der Waals surface area contributed by atoms with Crippen molar-refractivity contribution in [1.29, 1.82) is 0 Å². The van der Waals surface area contributed by atoms with Gasteiger partial charge in [-0.1, -0.05) is 0 Å². The van der Waals surface area contributed by atoms with Crippen LogP contribution >= 0.6 is 0 Å². The van der Waals surface area contributed by atoms with Gasteiger partial charge in [-0.05, 0) is 18.2 Å². The van der Waals surface area contributed by atoms with Crippen molar-refractivity contribution in [2.24, 2.45) is 0 Å². The lowest BCUT2D eigenvalue weighted by Gasteiger charge is -2.21. The maximum absolute atomic E-state index is 13.3. The second-order valence-corrected chi connectivity index (χ2v) is 7.54. The smallest absolute Gasteiger partial charge is 0.303 e. The van der Waals surface area contributed by atoms with Gasteiger partial charge in [-0.2, -0.15) is 0 Å². The molecule has 0 radical (unpaired) electrons. The van der Waals surface area contributed by atoms with Crippen LogP contribution in [0.5, 0.6) is 28.7 Å². The van der Waals surface area contributed by atoms with Crippen LogP contribution in [0.15, 0.2) is 39.5 Å². The van der Waals surface area contributed by atoms with Crippen LogP contribution in [-0.2, 0) is 14.3 Å². The first kappa shape index (κ1) is 23.2. The van der Waals surface area contributed by atoms with Crippen LogP contribution in [0.1, 0.15) is 6.92 Å². The molecule has 12 heteroatoms. The quantitative estimate of drug-likeness (QED) is 0.223. The average Bonchev–Trinajstić information content (AvgIpc) is 3.05. The van der Waals surface area contributed by atoms with Gasteiger partial charge in [-0.3, -0.25) is 9.59 Å². The summed E-state index contributed by atoms with van der Waals surface area (Å²) in [4.78, 5) is 24.9. The molecule has 12 nitrogen and oxygen atoms in total. The zero-order valence-electron chi connectivity index (χ0n) is 17.5. The number of aromatic hydroxyl groups is 4. The zero-order chi connectivity index (χ0) is 24.7. The number of carbonyl (C=O) groups is 1. The molecule has 1 aliphatic heterocycles. The number of rotatable bonds is 5. The summed E-state index contributed by atoms with van der Waals surface area (Å²) in [5.74, 6) is -3.67. The maximum atomic E-state index is 13.3. The Labute approximate surface area is 190 Å². The predicted molar refractivity (Wildman–Crippen MR) is 113 cm³/mol. The van der Waals surface area contributed by atoms with Crippen molar-refractivity contribution in [3.05, 3.63) is 40.6 Å². The zero-order valence-corrected chi connectivity index (χ0v) is 17.5. The molecule has 1 fully saturated rings. The summed E-state index contributed by atoms with van der Waals surface area (Å²) >= 11 is 0. The van der Waals surface area contributed by atoms with Crippen LogP contribution in [0.3, 0.4) is 0 Å². The molecule has 4 rings (SSSR count). The fourth-order valence-corrected chi connectivity index (χ4v) is 3.61. The van der Waals surface area contributed by atoms with E-state index in [0.717, 1.165) is 31.2 Å². The van der Waals surface area contributed by atoms with Crippen molar-refractivity contribution in [3.63, 3.8) is 0 Å². The Morgan fingerprint density at radius 1 is 1.06 bits per heavy atom. The molecule has 34 heavy (non-hydrogen) atoms. The molecule has 1 aromatic heterocycles. The van der Waals surface area contributed by atoms with Crippen molar-refractivity contribution in [2.45, 2.75) is 31.5 Å². The van der Waals surface area contributed by atoms with Crippen LogP contribution in [0.4, 0.5) is 0 Å². The molecule has 0 aliphatic carbocycles. The van der Waals surface area contributed by atoms with E-state index < -0.39 is 71.4 Å². The SMILES string of the molecule is CC(=O)OC1C(Oc2c(-c3ccc(O)c(O)c3)oc3cc(O)cc(O)c3c2=O)OC(CO)C1O. The van der Waals surface area contributed by atoms with Gasteiger partial charge in [0.15, 0.2) is 23.4 Å². The Hall–Kier alpha value is -4.00. The number of benzene rings is 2. The van der Waals surface area contributed by atoms with Gasteiger partial charge in [0.2, 0.25) is 17.5 Å². The number of aliphatic hydroxyl groups is 2. The van der Waals surface area contributed by atoms with Crippen molar-refractivity contribution in [1.82, 2.24) is 0 Å². The summed E-state index contributed by atoms with van der Waals surface area (Å²) in [5.41, 5.74) is -1.10. The van der Waals surface area contributed by atoms with E-state index in [9.17, 15) is 40.2 Å². The Morgan fingerprint density at radius 3 is 2.44 bits per heavy atom. The largest absolute Gasteiger partial charge is 0.508 e. The van der Waals surface area contributed by atoms with Crippen molar-refractivity contribution < 1.29 is 54.1 Å². The Morgan fingerprint density at radius 2 is 1.79 bits per heavy atom. The number of fused-ring (bicyclic) bond motifs is 1. The number of hydrogen-bond acceptors (Lipinski definition) is 12. The Kier molecular flexibility index (Phi) is 5.96. The second-order valence-electron chi connectivity index (χ2n) is 7.54. The maximum Gasteiger partial charge on any atom is 0.303 e. The fourth-order valence-electron chi connectivity index (χ4n) is 3.61. The van der Waals surface area contributed by atoms with E-state index in [4.69, 9.17) is 18.6 Å². The van der Waals surface area contributed by atoms with Crippen LogP contribution in [0.25, 0.3) is 22.3 Å². The molecular weight excluding hydrogens is 456 g/mol. The first-order valence-corrected chi connectivity index (χ1v) is 9.94.